The molecule has 1 saturated heterocycles. The van der Waals surface area contributed by atoms with Gasteiger partial charge in [-0.2, -0.15) is 5.26 Å². The minimum absolute atomic E-state index is 0.119. The van der Waals surface area contributed by atoms with Crippen LogP contribution in [0, 0.1) is 17.1 Å². The molecule has 0 bridgehead atoms. The zero-order valence-electron chi connectivity index (χ0n) is 11.5. The Hall–Kier alpha value is -1.97. The van der Waals surface area contributed by atoms with E-state index in [1.54, 1.807) is 23.5 Å². The SMILES string of the molecule is N#Cc1cccc(CN2CCN(c3nccs3)CC2)c1F. The van der Waals surface area contributed by atoms with Gasteiger partial charge in [0, 0.05) is 49.9 Å². The van der Waals surface area contributed by atoms with E-state index in [4.69, 9.17) is 5.26 Å². The fourth-order valence-corrected chi connectivity index (χ4v) is 3.20. The molecule has 6 heteroatoms. The van der Waals surface area contributed by atoms with E-state index in [9.17, 15) is 4.39 Å². The van der Waals surface area contributed by atoms with Gasteiger partial charge >= 0.3 is 0 Å². The maximum atomic E-state index is 14.1. The van der Waals surface area contributed by atoms with Gasteiger partial charge < -0.3 is 4.90 Å². The van der Waals surface area contributed by atoms with Gasteiger partial charge in [-0.15, -0.1) is 11.3 Å². The molecule has 0 atom stereocenters. The molecule has 1 aromatic carbocycles. The predicted molar refractivity (Wildman–Crippen MR) is 80.7 cm³/mol. The lowest BCUT2D eigenvalue weighted by Gasteiger charge is -2.34. The third-order valence-corrected chi connectivity index (χ3v) is 4.49. The van der Waals surface area contributed by atoms with E-state index in [1.165, 1.54) is 6.07 Å². The van der Waals surface area contributed by atoms with Crippen LogP contribution in [0.15, 0.2) is 29.8 Å². The highest BCUT2D eigenvalue weighted by Crippen LogP contribution is 2.20. The second-order valence-corrected chi connectivity index (χ2v) is 5.84. The topological polar surface area (TPSA) is 43.2 Å². The Labute approximate surface area is 127 Å². The van der Waals surface area contributed by atoms with E-state index in [0.717, 1.165) is 31.3 Å². The average Bonchev–Trinajstić information content (AvgIpc) is 3.04. The van der Waals surface area contributed by atoms with Crippen molar-refractivity contribution in [1.29, 1.82) is 5.26 Å². The summed E-state index contributed by atoms with van der Waals surface area (Å²) in [5.74, 6) is -0.387. The van der Waals surface area contributed by atoms with Gasteiger partial charge in [0.05, 0.1) is 5.56 Å². The second-order valence-electron chi connectivity index (χ2n) is 4.97. The van der Waals surface area contributed by atoms with Crippen LogP contribution < -0.4 is 4.90 Å². The van der Waals surface area contributed by atoms with E-state index < -0.39 is 0 Å². The lowest BCUT2D eigenvalue weighted by molar-refractivity contribution is 0.246. The van der Waals surface area contributed by atoms with Crippen LogP contribution in [-0.2, 0) is 6.54 Å². The molecule has 0 unspecified atom stereocenters. The summed E-state index contributed by atoms with van der Waals surface area (Å²) in [7, 11) is 0. The first-order chi connectivity index (χ1) is 10.3. The summed E-state index contributed by atoms with van der Waals surface area (Å²) >= 11 is 1.64. The summed E-state index contributed by atoms with van der Waals surface area (Å²) < 4.78 is 14.1. The Morgan fingerprint density at radius 2 is 2.10 bits per heavy atom. The maximum Gasteiger partial charge on any atom is 0.185 e. The monoisotopic (exact) mass is 302 g/mol. The Kier molecular flexibility index (Phi) is 4.13. The minimum Gasteiger partial charge on any atom is -0.346 e. The summed E-state index contributed by atoms with van der Waals surface area (Å²) in [4.78, 5) is 8.78. The van der Waals surface area contributed by atoms with E-state index in [2.05, 4.69) is 14.8 Å². The third-order valence-electron chi connectivity index (χ3n) is 3.66. The standard InChI is InChI=1S/C15H15FN4S/c16-14-12(10-17)2-1-3-13(14)11-19-5-7-20(8-6-19)15-18-4-9-21-15/h1-4,9H,5-8,11H2. The van der Waals surface area contributed by atoms with Crippen LogP contribution in [-0.4, -0.2) is 36.1 Å². The molecule has 1 aliphatic heterocycles. The van der Waals surface area contributed by atoms with Crippen molar-refractivity contribution in [3.05, 3.63) is 46.7 Å². The lowest BCUT2D eigenvalue weighted by Crippen LogP contribution is -2.46. The Bertz CT molecular complexity index is 642. The normalized spacial score (nSPS) is 15.9. The molecule has 0 saturated carbocycles. The van der Waals surface area contributed by atoms with Crippen LogP contribution in [0.5, 0.6) is 0 Å². The number of hydrogen-bond acceptors (Lipinski definition) is 5. The molecule has 0 N–H and O–H groups in total. The zero-order valence-corrected chi connectivity index (χ0v) is 12.3. The van der Waals surface area contributed by atoms with Crippen LogP contribution >= 0.6 is 11.3 Å². The van der Waals surface area contributed by atoms with E-state index in [1.807, 2.05) is 17.6 Å². The molecular formula is C15H15FN4S. The average molecular weight is 302 g/mol. The molecule has 1 fully saturated rings. The summed E-state index contributed by atoms with van der Waals surface area (Å²) in [5.41, 5.74) is 0.714. The van der Waals surface area contributed by atoms with Crippen LogP contribution in [0.25, 0.3) is 0 Å². The molecule has 1 aliphatic rings. The number of benzene rings is 1. The smallest absolute Gasteiger partial charge is 0.185 e. The molecule has 108 valence electrons. The van der Waals surface area contributed by atoms with Crippen molar-refractivity contribution in [1.82, 2.24) is 9.88 Å². The van der Waals surface area contributed by atoms with Crippen molar-refractivity contribution in [2.24, 2.45) is 0 Å². The fourth-order valence-electron chi connectivity index (χ4n) is 2.50. The Balaban J connectivity index is 1.62. The Morgan fingerprint density at radius 1 is 1.29 bits per heavy atom. The number of halogens is 1. The second kappa shape index (κ2) is 6.20. The first-order valence-corrected chi connectivity index (χ1v) is 7.70. The molecule has 4 nitrogen and oxygen atoms in total. The molecule has 0 aliphatic carbocycles. The number of thiazole rings is 1. The maximum absolute atomic E-state index is 14.1. The van der Waals surface area contributed by atoms with Crippen molar-refractivity contribution in [2.75, 3.05) is 31.1 Å². The third kappa shape index (κ3) is 3.04. The highest BCUT2D eigenvalue weighted by molar-refractivity contribution is 7.13. The van der Waals surface area contributed by atoms with Crippen LogP contribution in [0.2, 0.25) is 0 Å². The summed E-state index contributed by atoms with van der Waals surface area (Å²) in [6, 6.07) is 6.90. The van der Waals surface area contributed by atoms with E-state index in [0.29, 0.717) is 12.1 Å². The molecule has 1 aromatic heterocycles. The van der Waals surface area contributed by atoms with Crippen LogP contribution in [0.4, 0.5) is 9.52 Å². The molecule has 21 heavy (non-hydrogen) atoms. The molecule has 0 amide bonds. The first kappa shape index (κ1) is 14.0. The number of nitrogens with zero attached hydrogens (tertiary/aromatic N) is 4. The first-order valence-electron chi connectivity index (χ1n) is 6.82. The van der Waals surface area contributed by atoms with Gasteiger partial charge in [-0.05, 0) is 6.07 Å². The predicted octanol–water partition coefficient (Wildman–Crippen LogP) is 2.48. The summed E-state index contributed by atoms with van der Waals surface area (Å²) in [6.07, 6.45) is 1.81. The zero-order chi connectivity index (χ0) is 14.7. The van der Waals surface area contributed by atoms with Gasteiger partial charge in [0.15, 0.2) is 5.13 Å². The van der Waals surface area contributed by atoms with Gasteiger partial charge in [-0.25, -0.2) is 9.37 Å². The van der Waals surface area contributed by atoms with Gasteiger partial charge in [0.1, 0.15) is 11.9 Å². The molecule has 2 heterocycles. The van der Waals surface area contributed by atoms with Crippen molar-refractivity contribution in [2.45, 2.75) is 6.54 Å². The lowest BCUT2D eigenvalue weighted by atomic mass is 10.1. The minimum atomic E-state index is -0.387. The van der Waals surface area contributed by atoms with Crippen LogP contribution in [0.3, 0.4) is 0 Å². The number of hydrogen-bond donors (Lipinski definition) is 0. The number of aromatic nitrogens is 1. The van der Waals surface area contributed by atoms with E-state index >= 15 is 0 Å². The number of rotatable bonds is 3. The van der Waals surface area contributed by atoms with Crippen molar-refractivity contribution >= 4 is 16.5 Å². The van der Waals surface area contributed by atoms with Gasteiger partial charge in [-0.3, -0.25) is 4.90 Å². The quantitative estimate of drug-likeness (QED) is 0.873. The number of anilines is 1. The summed E-state index contributed by atoms with van der Waals surface area (Å²) in [5, 5.41) is 11.9. The molecule has 3 rings (SSSR count). The fraction of sp³-hybridized carbons (Fsp3) is 0.333. The highest BCUT2D eigenvalue weighted by atomic mass is 32.1. The van der Waals surface area contributed by atoms with Crippen molar-refractivity contribution in [3.63, 3.8) is 0 Å². The van der Waals surface area contributed by atoms with Crippen molar-refractivity contribution < 1.29 is 4.39 Å². The highest BCUT2D eigenvalue weighted by Gasteiger charge is 2.20. The van der Waals surface area contributed by atoms with Gasteiger partial charge in [0.25, 0.3) is 0 Å². The molecule has 0 radical (unpaired) electrons. The number of nitriles is 1. The van der Waals surface area contributed by atoms with Gasteiger partial charge in [0.2, 0.25) is 0 Å². The molecule has 0 spiro atoms. The molecular weight excluding hydrogens is 287 g/mol. The van der Waals surface area contributed by atoms with E-state index in [-0.39, 0.29) is 11.4 Å². The molecule has 2 aromatic rings. The Morgan fingerprint density at radius 3 is 2.76 bits per heavy atom. The number of piperazine rings is 1. The van der Waals surface area contributed by atoms with Crippen molar-refractivity contribution in [3.8, 4) is 6.07 Å². The summed E-state index contributed by atoms with van der Waals surface area (Å²) in [6.45, 7) is 4.08. The largest absolute Gasteiger partial charge is 0.346 e. The van der Waals surface area contributed by atoms with Gasteiger partial charge in [-0.1, -0.05) is 12.1 Å². The van der Waals surface area contributed by atoms with Crippen LogP contribution in [0.1, 0.15) is 11.1 Å².